The molecule has 1 aromatic heterocycles. The van der Waals surface area contributed by atoms with Crippen molar-refractivity contribution in [3.63, 3.8) is 0 Å². The van der Waals surface area contributed by atoms with Crippen LogP contribution in [-0.2, 0) is 11.3 Å². The maximum Gasteiger partial charge on any atom is 0.341 e. The fourth-order valence-electron chi connectivity index (χ4n) is 2.23. The average Bonchev–Trinajstić information content (AvgIpc) is 3.10. The molecule has 0 saturated carbocycles. The van der Waals surface area contributed by atoms with Crippen molar-refractivity contribution in [3.05, 3.63) is 81.6 Å². The largest absolute Gasteiger partial charge is 0.452 e. The van der Waals surface area contributed by atoms with E-state index >= 15 is 0 Å². The second-order valence-electron chi connectivity index (χ2n) is 5.19. The Labute approximate surface area is 156 Å². The van der Waals surface area contributed by atoms with Crippen molar-refractivity contribution in [1.29, 1.82) is 0 Å². The number of carbonyl (C=O) groups excluding carboxylic acids is 1. The van der Waals surface area contributed by atoms with Gasteiger partial charge in [-0.15, -0.1) is 0 Å². The van der Waals surface area contributed by atoms with Crippen molar-refractivity contribution < 1.29 is 13.9 Å². The van der Waals surface area contributed by atoms with Crippen LogP contribution in [0.3, 0.4) is 0 Å². The molecule has 0 amide bonds. The van der Waals surface area contributed by atoms with Crippen LogP contribution in [0.4, 0.5) is 4.39 Å². The molecule has 0 saturated heterocycles. The van der Waals surface area contributed by atoms with E-state index in [4.69, 9.17) is 16.3 Å². The molecule has 3 rings (SSSR count). The van der Waals surface area contributed by atoms with Gasteiger partial charge in [0.1, 0.15) is 24.6 Å². The molecule has 1 atom stereocenters. The summed E-state index contributed by atoms with van der Waals surface area (Å²) in [6.45, 7) is 0.239. The molecule has 8 heteroatoms. The van der Waals surface area contributed by atoms with E-state index in [0.717, 1.165) is 0 Å². The van der Waals surface area contributed by atoms with Gasteiger partial charge in [-0.2, -0.15) is 5.10 Å². The first kappa shape index (κ1) is 17.6. The molecule has 1 heterocycles. The van der Waals surface area contributed by atoms with Crippen LogP contribution in [0.5, 0.6) is 0 Å². The smallest absolute Gasteiger partial charge is 0.341 e. The third-order valence-electron chi connectivity index (χ3n) is 3.46. The number of nitrogens with zero attached hydrogens (tertiary/aromatic N) is 3. The lowest BCUT2D eigenvalue weighted by atomic mass is 10.1. The minimum absolute atomic E-state index is 0.146. The van der Waals surface area contributed by atoms with Crippen LogP contribution in [0.1, 0.15) is 22.0 Å². The Morgan fingerprint density at radius 2 is 2.04 bits per heavy atom. The minimum atomic E-state index is -0.765. The maximum atomic E-state index is 13.9. The van der Waals surface area contributed by atoms with E-state index in [1.165, 1.54) is 35.5 Å². The van der Waals surface area contributed by atoms with Gasteiger partial charge in [-0.3, -0.25) is 0 Å². The normalized spacial score (nSPS) is 12.0. The molecule has 25 heavy (non-hydrogen) atoms. The van der Waals surface area contributed by atoms with Gasteiger partial charge in [0.05, 0.1) is 12.1 Å². The van der Waals surface area contributed by atoms with E-state index in [9.17, 15) is 9.18 Å². The van der Waals surface area contributed by atoms with E-state index in [0.29, 0.717) is 15.1 Å². The van der Waals surface area contributed by atoms with Crippen molar-refractivity contribution in [2.45, 2.75) is 12.6 Å². The molecule has 0 aliphatic heterocycles. The number of hydrogen-bond acceptors (Lipinski definition) is 4. The molecular weight excluding hydrogens is 413 g/mol. The standard InChI is InChI=1S/C17H12BrClFN3O2/c18-12-3-6-15(20)14(7-12)17(24)25-16(8-23-10-21-9-22-23)11-1-4-13(19)5-2-11/h1-7,9-10,16H,8H2. The Bertz CT molecular complexity index is 872. The summed E-state index contributed by atoms with van der Waals surface area (Å²) in [7, 11) is 0. The topological polar surface area (TPSA) is 57.0 Å². The molecule has 0 aliphatic rings. The Kier molecular flexibility index (Phi) is 5.45. The summed E-state index contributed by atoms with van der Waals surface area (Å²) in [6.07, 6.45) is 2.22. The first-order valence-corrected chi connectivity index (χ1v) is 8.44. The van der Waals surface area contributed by atoms with E-state index in [-0.39, 0.29) is 12.1 Å². The molecule has 0 fully saturated rings. The molecule has 0 radical (unpaired) electrons. The summed E-state index contributed by atoms with van der Waals surface area (Å²) in [6, 6.07) is 11.0. The third-order valence-corrected chi connectivity index (χ3v) is 4.20. The van der Waals surface area contributed by atoms with Crippen LogP contribution in [-0.4, -0.2) is 20.7 Å². The van der Waals surface area contributed by atoms with Gasteiger partial charge in [0.2, 0.25) is 0 Å². The zero-order valence-corrected chi connectivity index (χ0v) is 15.1. The number of benzene rings is 2. The Balaban J connectivity index is 1.87. The minimum Gasteiger partial charge on any atom is -0.452 e. The lowest BCUT2D eigenvalue weighted by Crippen LogP contribution is -2.18. The van der Waals surface area contributed by atoms with Gasteiger partial charge in [-0.05, 0) is 35.9 Å². The zero-order chi connectivity index (χ0) is 17.8. The average molecular weight is 425 g/mol. The first-order chi connectivity index (χ1) is 12.0. The summed E-state index contributed by atoms with van der Waals surface area (Å²) < 4.78 is 21.6. The maximum absolute atomic E-state index is 13.9. The monoisotopic (exact) mass is 423 g/mol. The molecule has 0 aliphatic carbocycles. The molecule has 5 nitrogen and oxygen atoms in total. The van der Waals surface area contributed by atoms with Crippen LogP contribution in [0, 0.1) is 5.82 Å². The van der Waals surface area contributed by atoms with Crippen molar-refractivity contribution in [3.8, 4) is 0 Å². The van der Waals surface area contributed by atoms with Gasteiger partial charge in [0, 0.05) is 9.50 Å². The Hall–Kier alpha value is -2.25. The summed E-state index contributed by atoms with van der Waals surface area (Å²) >= 11 is 9.13. The molecule has 0 spiro atoms. The molecule has 0 N–H and O–H groups in total. The summed E-state index contributed by atoms with van der Waals surface area (Å²) in [4.78, 5) is 16.3. The number of halogens is 3. The predicted molar refractivity (Wildman–Crippen MR) is 93.7 cm³/mol. The van der Waals surface area contributed by atoms with E-state index < -0.39 is 17.9 Å². The van der Waals surface area contributed by atoms with Crippen molar-refractivity contribution in [2.24, 2.45) is 0 Å². The zero-order valence-electron chi connectivity index (χ0n) is 12.8. The number of esters is 1. The SMILES string of the molecule is O=C(OC(Cn1cncn1)c1ccc(Cl)cc1)c1cc(Br)ccc1F. The predicted octanol–water partition coefficient (Wildman–Crippen LogP) is 4.43. The summed E-state index contributed by atoms with van der Waals surface area (Å²) in [5, 5.41) is 4.58. The number of carbonyl (C=O) groups is 1. The molecule has 0 bridgehead atoms. The fraction of sp³-hybridized carbons (Fsp3) is 0.118. The second-order valence-corrected chi connectivity index (χ2v) is 6.54. The number of aromatic nitrogens is 3. The van der Waals surface area contributed by atoms with Crippen LogP contribution in [0.25, 0.3) is 0 Å². The molecule has 1 unspecified atom stereocenters. The van der Waals surface area contributed by atoms with Crippen molar-refractivity contribution in [2.75, 3.05) is 0 Å². The highest BCUT2D eigenvalue weighted by molar-refractivity contribution is 9.10. The molecular formula is C17H12BrClFN3O2. The number of ether oxygens (including phenoxy) is 1. The van der Waals surface area contributed by atoms with E-state index in [1.807, 2.05) is 0 Å². The van der Waals surface area contributed by atoms with Gasteiger partial charge in [-0.1, -0.05) is 39.7 Å². The number of rotatable bonds is 5. The highest BCUT2D eigenvalue weighted by Gasteiger charge is 2.21. The molecule has 3 aromatic rings. The van der Waals surface area contributed by atoms with Gasteiger partial charge < -0.3 is 4.74 Å². The summed E-state index contributed by atoms with van der Waals surface area (Å²) in [5.74, 6) is -1.41. The first-order valence-electron chi connectivity index (χ1n) is 7.27. The molecule has 128 valence electrons. The summed E-state index contributed by atoms with van der Waals surface area (Å²) in [5.41, 5.74) is 0.565. The Morgan fingerprint density at radius 3 is 2.72 bits per heavy atom. The number of hydrogen-bond donors (Lipinski definition) is 0. The van der Waals surface area contributed by atoms with Crippen LogP contribution in [0.15, 0.2) is 59.6 Å². The highest BCUT2D eigenvalue weighted by atomic mass is 79.9. The fourth-order valence-corrected chi connectivity index (χ4v) is 2.72. The van der Waals surface area contributed by atoms with Gasteiger partial charge in [0.15, 0.2) is 0 Å². The quantitative estimate of drug-likeness (QED) is 0.569. The van der Waals surface area contributed by atoms with Gasteiger partial charge >= 0.3 is 5.97 Å². The van der Waals surface area contributed by atoms with Gasteiger partial charge in [0.25, 0.3) is 0 Å². The lowest BCUT2D eigenvalue weighted by Gasteiger charge is -2.18. The van der Waals surface area contributed by atoms with Crippen LogP contribution < -0.4 is 0 Å². The van der Waals surface area contributed by atoms with E-state index in [1.54, 1.807) is 24.3 Å². The van der Waals surface area contributed by atoms with Crippen molar-refractivity contribution >= 4 is 33.5 Å². The third kappa shape index (κ3) is 4.43. The van der Waals surface area contributed by atoms with Crippen molar-refractivity contribution in [1.82, 2.24) is 14.8 Å². The van der Waals surface area contributed by atoms with E-state index in [2.05, 4.69) is 26.0 Å². The highest BCUT2D eigenvalue weighted by Crippen LogP contribution is 2.24. The lowest BCUT2D eigenvalue weighted by molar-refractivity contribution is 0.0241. The second kappa shape index (κ2) is 7.76. The Morgan fingerprint density at radius 1 is 1.28 bits per heavy atom. The molecule has 2 aromatic carbocycles. The van der Waals surface area contributed by atoms with Gasteiger partial charge in [-0.25, -0.2) is 18.9 Å². The van der Waals surface area contributed by atoms with Crippen LogP contribution in [0.2, 0.25) is 5.02 Å². The van der Waals surface area contributed by atoms with Crippen LogP contribution >= 0.6 is 27.5 Å².